The van der Waals surface area contributed by atoms with E-state index in [9.17, 15) is 5.11 Å². The summed E-state index contributed by atoms with van der Waals surface area (Å²) in [6, 6.07) is 5.29. The molecule has 1 aliphatic rings. The fourth-order valence-electron chi connectivity index (χ4n) is 2.03. The van der Waals surface area contributed by atoms with Crippen LogP contribution in [-0.4, -0.2) is 56.2 Å². The molecule has 0 atom stereocenters. The first-order valence-electron chi connectivity index (χ1n) is 6.75. The molecule has 1 aromatic carbocycles. The van der Waals surface area contributed by atoms with Crippen molar-refractivity contribution >= 4 is 6.21 Å². The van der Waals surface area contributed by atoms with Crippen LogP contribution in [0.3, 0.4) is 0 Å². The minimum atomic E-state index is 0.203. The number of likely N-dealkylation sites (N-methyl/N-ethyl adjacent to an activating group) is 1. The third-order valence-corrected chi connectivity index (χ3v) is 3.27. The lowest BCUT2D eigenvalue weighted by Gasteiger charge is -2.27. The van der Waals surface area contributed by atoms with Gasteiger partial charge in [-0.3, -0.25) is 5.01 Å². The predicted molar refractivity (Wildman–Crippen MR) is 75.1 cm³/mol. The smallest absolute Gasteiger partial charge is 0.128 e. The predicted octanol–water partition coefficient (Wildman–Crippen LogP) is -0.0449. The van der Waals surface area contributed by atoms with Crippen LogP contribution in [-0.2, 0) is 0 Å². The Morgan fingerprint density at radius 2 is 2.16 bits per heavy atom. The van der Waals surface area contributed by atoms with Crippen LogP contribution in [0.5, 0.6) is 11.5 Å². The zero-order chi connectivity index (χ0) is 13.7. The summed E-state index contributed by atoms with van der Waals surface area (Å²) >= 11 is 0. The molecule has 1 aromatic rings. The van der Waals surface area contributed by atoms with E-state index in [1.165, 1.54) is 4.90 Å². The third-order valence-electron chi connectivity index (χ3n) is 3.27. The van der Waals surface area contributed by atoms with E-state index in [1.54, 1.807) is 12.3 Å². The Kier molecular flexibility index (Phi) is 4.63. The summed E-state index contributed by atoms with van der Waals surface area (Å²) in [4.78, 5) is 1.54. The maximum absolute atomic E-state index is 9.90. The number of hydrazone groups is 1. The Balaban J connectivity index is 1.98. The summed E-state index contributed by atoms with van der Waals surface area (Å²) in [5.74, 6) is 0.884. The molecule has 1 saturated heterocycles. The van der Waals surface area contributed by atoms with Crippen molar-refractivity contribution in [1.82, 2.24) is 5.01 Å². The van der Waals surface area contributed by atoms with Crippen molar-refractivity contribution in [3.05, 3.63) is 23.8 Å². The maximum atomic E-state index is 9.90. The van der Waals surface area contributed by atoms with E-state index >= 15 is 0 Å². The molecule has 0 radical (unpaired) electrons. The Labute approximate surface area is 114 Å². The summed E-state index contributed by atoms with van der Waals surface area (Å²) in [6.07, 6.45) is 1.71. The Morgan fingerprint density at radius 1 is 1.42 bits per heavy atom. The molecule has 1 fully saturated rings. The van der Waals surface area contributed by atoms with Crippen LogP contribution in [0.4, 0.5) is 0 Å². The maximum Gasteiger partial charge on any atom is 0.128 e. The van der Waals surface area contributed by atoms with Gasteiger partial charge in [-0.1, -0.05) is 0 Å². The van der Waals surface area contributed by atoms with Gasteiger partial charge in [-0.05, 0) is 19.1 Å². The van der Waals surface area contributed by atoms with E-state index in [0.717, 1.165) is 31.7 Å². The van der Waals surface area contributed by atoms with Crippen LogP contribution in [0.2, 0.25) is 0 Å². The molecule has 0 spiro atoms. The molecule has 0 unspecified atom stereocenters. The molecule has 2 rings (SSSR count). The van der Waals surface area contributed by atoms with Gasteiger partial charge in [-0.25, -0.2) is 0 Å². The van der Waals surface area contributed by atoms with Crippen LogP contribution >= 0.6 is 0 Å². The monoisotopic (exact) mass is 264 g/mol. The highest BCUT2D eigenvalue weighted by molar-refractivity contribution is 5.83. The molecule has 0 amide bonds. The largest absolute Gasteiger partial charge is 0.507 e. The number of quaternary nitrogens is 1. The number of phenolic OH excluding ortho intramolecular Hbond substituents is 1. The van der Waals surface area contributed by atoms with Crippen molar-refractivity contribution in [3.63, 3.8) is 0 Å². The standard InChI is InChI=1S/C14H21N3O2/c1-3-19-13-5-4-12(14(18)10-13)11-15-17-8-6-16(2)7-9-17/h4-5,10-11,18H,3,6-9H2,1-2H3/p+1/b15-11+. The summed E-state index contributed by atoms with van der Waals surface area (Å²) in [5.41, 5.74) is 0.717. The van der Waals surface area contributed by atoms with Gasteiger partial charge >= 0.3 is 0 Å². The molecule has 5 heteroatoms. The lowest BCUT2D eigenvalue weighted by atomic mass is 10.2. The molecular formula is C14H22N3O2+. The van der Waals surface area contributed by atoms with Crippen molar-refractivity contribution in [1.29, 1.82) is 0 Å². The Bertz CT molecular complexity index is 440. The number of benzene rings is 1. The van der Waals surface area contributed by atoms with E-state index in [-0.39, 0.29) is 5.75 Å². The number of aromatic hydroxyl groups is 1. The molecule has 19 heavy (non-hydrogen) atoms. The summed E-state index contributed by atoms with van der Waals surface area (Å²) in [6.45, 7) is 6.64. The first-order valence-corrected chi connectivity index (χ1v) is 6.75. The SMILES string of the molecule is CCOc1ccc(/C=N/N2CC[NH+](C)CC2)c(O)c1. The van der Waals surface area contributed by atoms with Gasteiger partial charge in [0.15, 0.2) is 0 Å². The lowest BCUT2D eigenvalue weighted by molar-refractivity contribution is -0.884. The zero-order valence-corrected chi connectivity index (χ0v) is 11.6. The highest BCUT2D eigenvalue weighted by Gasteiger charge is 2.14. The van der Waals surface area contributed by atoms with Gasteiger partial charge < -0.3 is 14.7 Å². The molecule has 0 aliphatic carbocycles. The molecular weight excluding hydrogens is 242 g/mol. The molecule has 104 valence electrons. The van der Waals surface area contributed by atoms with Gasteiger partial charge in [0.2, 0.25) is 0 Å². The average Bonchev–Trinajstić information content (AvgIpc) is 2.40. The van der Waals surface area contributed by atoms with E-state index in [4.69, 9.17) is 4.74 Å². The molecule has 2 N–H and O–H groups in total. The van der Waals surface area contributed by atoms with Crippen LogP contribution < -0.4 is 9.64 Å². The van der Waals surface area contributed by atoms with E-state index < -0.39 is 0 Å². The number of rotatable bonds is 4. The van der Waals surface area contributed by atoms with Crippen molar-refractivity contribution in [3.8, 4) is 11.5 Å². The lowest BCUT2D eigenvalue weighted by Crippen LogP contribution is -3.11. The van der Waals surface area contributed by atoms with E-state index in [1.807, 2.05) is 24.1 Å². The normalized spacial score (nSPS) is 17.1. The molecule has 0 saturated carbocycles. The Hall–Kier alpha value is -1.75. The number of phenols is 1. The average molecular weight is 264 g/mol. The number of ether oxygens (including phenoxy) is 1. The third kappa shape index (κ3) is 3.86. The molecule has 0 aromatic heterocycles. The van der Waals surface area contributed by atoms with Gasteiger partial charge in [0, 0.05) is 11.6 Å². The van der Waals surface area contributed by atoms with Crippen LogP contribution in [0.1, 0.15) is 12.5 Å². The molecule has 1 aliphatic heterocycles. The fourth-order valence-corrected chi connectivity index (χ4v) is 2.03. The van der Waals surface area contributed by atoms with E-state index in [0.29, 0.717) is 12.4 Å². The quantitative estimate of drug-likeness (QED) is 0.750. The van der Waals surface area contributed by atoms with Gasteiger partial charge in [0.1, 0.15) is 11.5 Å². The van der Waals surface area contributed by atoms with Crippen molar-refractivity contribution in [2.45, 2.75) is 6.92 Å². The second kappa shape index (κ2) is 6.43. The van der Waals surface area contributed by atoms with E-state index in [2.05, 4.69) is 12.1 Å². The van der Waals surface area contributed by atoms with Gasteiger partial charge in [-0.15, -0.1) is 0 Å². The molecule has 0 bridgehead atoms. The highest BCUT2D eigenvalue weighted by atomic mass is 16.5. The number of hydrogen-bond donors (Lipinski definition) is 2. The minimum absolute atomic E-state index is 0.203. The first-order chi connectivity index (χ1) is 9.19. The Morgan fingerprint density at radius 3 is 2.79 bits per heavy atom. The van der Waals surface area contributed by atoms with Crippen LogP contribution in [0, 0.1) is 0 Å². The zero-order valence-electron chi connectivity index (χ0n) is 11.6. The number of nitrogens with zero attached hydrogens (tertiary/aromatic N) is 2. The van der Waals surface area contributed by atoms with Crippen LogP contribution in [0.15, 0.2) is 23.3 Å². The topological polar surface area (TPSA) is 49.5 Å². The number of hydrogen-bond acceptors (Lipinski definition) is 4. The van der Waals surface area contributed by atoms with Crippen molar-refractivity contribution < 1.29 is 14.7 Å². The molecule has 5 nitrogen and oxygen atoms in total. The van der Waals surface area contributed by atoms with Crippen molar-refractivity contribution in [2.24, 2.45) is 5.10 Å². The summed E-state index contributed by atoms with van der Waals surface area (Å²) in [5, 5.41) is 16.4. The second-order valence-electron chi connectivity index (χ2n) is 4.81. The molecule has 1 heterocycles. The van der Waals surface area contributed by atoms with Gasteiger partial charge in [0.05, 0.1) is 46.0 Å². The van der Waals surface area contributed by atoms with Gasteiger partial charge in [-0.2, -0.15) is 5.10 Å². The highest BCUT2D eigenvalue weighted by Crippen LogP contribution is 2.22. The fraction of sp³-hybridized carbons (Fsp3) is 0.500. The van der Waals surface area contributed by atoms with Crippen molar-refractivity contribution in [2.75, 3.05) is 39.8 Å². The van der Waals surface area contributed by atoms with Crippen LogP contribution in [0.25, 0.3) is 0 Å². The first kappa shape index (κ1) is 13.7. The minimum Gasteiger partial charge on any atom is -0.507 e. The number of nitrogens with one attached hydrogen (secondary N) is 1. The summed E-state index contributed by atoms with van der Waals surface area (Å²) < 4.78 is 5.33. The second-order valence-corrected chi connectivity index (χ2v) is 4.81. The summed E-state index contributed by atoms with van der Waals surface area (Å²) in [7, 11) is 2.19. The number of piperazine rings is 1. The van der Waals surface area contributed by atoms with Gasteiger partial charge in [0.25, 0.3) is 0 Å².